The number of fused-ring (bicyclic) bond motifs is 1. The molecule has 4 aromatic rings. The van der Waals surface area contributed by atoms with Crippen LogP contribution in [0.5, 0.6) is 0 Å². The number of benzene rings is 3. The fourth-order valence-corrected chi connectivity index (χ4v) is 4.64. The second-order valence-electron chi connectivity index (χ2n) is 8.47. The number of carbonyl (C=O) groups excluding carboxylic acids is 3. The Morgan fingerprint density at radius 1 is 0.927 bits per heavy atom. The molecular weight excluding hydrogens is 571 g/mol. The topological polar surface area (TPSA) is 179 Å². The van der Waals surface area contributed by atoms with Gasteiger partial charge in [0.15, 0.2) is 23.6 Å². The third kappa shape index (κ3) is 6.55. The summed E-state index contributed by atoms with van der Waals surface area (Å²) in [6.45, 7) is 0.451. The lowest BCUT2D eigenvalue weighted by molar-refractivity contribution is -0.130. The van der Waals surface area contributed by atoms with E-state index >= 15 is 0 Å². The van der Waals surface area contributed by atoms with Crippen molar-refractivity contribution in [2.75, 3.05) is 16.6 Å². The van der Waals surface area contributed by atoms with Gasteiger partial charge in [0.2, 0.25) is 5.91 Å². The summed E-state index contributed by atoms with van der Waals surface area (Å²) >= 11 is 0. The number of aromatic amines is 2. The molecule has 16 heteroatoms. The molecule has 1 aromatic heterocycles. The third-order valence-corrected chi connectivity index (χ3v) is 6.94. The molecule has 41 heavy (non-hydrogen) atoms. The fourth-order valence-electron chi connectivity index (χ4n) is 3.54. The van der Waals surface area contributed by atoms with Crippen molar-refractivity contribution in [3.8, 4) is 0 Å². The van der Waals surface area contributed by atoms with E-state index in [0.717, 1.165) is 6.07 Å². The molecule has 1 atom stereocenters. The molecule has 1 unspecified atom stereocenters. The van der Waals surface area contributed by atoms with Crippen molar-refractivity contribution in [1.29, 1.82) is 0 Å². The number of hydrogen-bond acceptors (Lipinski definition) is 7. The molecule has 2 amide bonds. The Morgan fingerprint density at radius 3 is 2.39 bits per heavy atom. The molecule has 1 heterocycles. The number of carbonyl (C=O) groups is 3. The van der Waals surface area contributed by atoms with E-state index in [1.165, 1.54) is 49.4 Å². The number of sulfonamides is 1. The van der Waals surface area contributed by atoms with Crippen LogP contribution in [0.1, 0.15) is 17.3 Å². The van der Waals surface area contributed by atoms with Gasteiger partial charge in [-0.3, -0.25) is 14.3 Å². The van der Waals surface area contributed by atoms with Gasteiger partial charge in [-0.25, -0.2) is 31.2 Å². The van der Waals surface area contributed by atoms with E-state index in [9.17, 15) is 40.8 Å². The summed E-state index contributed by atoms with van der Waals surface area (Å²) in [7, 11) is -4.24. The quantitative estimate of drug-likeness (QED) is 0.146. The number of anilines is 2. The van der Waals surface area contributed by atoms with Gasteiger partial charge in [-0.15, -0.1) is 0 Å². The van der Waals surface area contributed by atoms with E-state index in [1.54, 1.807) is 0 Å². The Kier molecular flexibility index (Phi) is 8.13. The van der Waals surface area contributed by atoms with Crippen molar-refractivity contribution in [3.05, 3.63) is 88.1 Å². The number of para-hydroxylation sites is 1. The average molecular weight is 592 g/mol. The van der Waals surface area contributed by atoms with Gasteiger partial charge in [-0.05, 0) is 49.4 Å². The molecule has 214 valence electrons. The smallest absolute Gasteiger partial charge is 0.341 e. The van der Waals surface area contributed by atoms with Crippen LogP contribution in [0.3, 0.4) is 0 Å². The predicted octanol–water partition coefficient (Wildman–Crippen LogP) is 2.37. The highest BCUT2D eigenvalue weighted by Crippen LogP contribution is 2.23. The van der Waals surface area contributed by atoms with E-state index in [4.69, 9.17) is 4.74 Å². The molecule has 3 aromatic carbocycles. The molecule has 12 nitrogen and oxygen atoms in total. The van der Waals surface area contributed by atoms with Gasteiger partial charge in [0.05, 0.1) is 39.4 Å². The van der Waals surface area contributed by atoms with Crippen molar-refractivity contribution in [2.45, 2.75) is 17.9 Å². The molecule has 0 fully saturated rings. The monoisotopic (exact) mass is 591 g/mol. The van der Waals surface area contributed by atoms with E-state index in [2.05, 4.69) is 20.0 Å². The van der Waals surface area contributed by atoms with Gasteiger partial charge in [-0.2, -0.15) is 0 Å². The lowest BCUT2D eigenvalue weighted by Gasteiger charge is -2.16. The van der Waals surface area contributed by atoms with Crippen molar-refractivity contribution in [2.24, 2.45) is 0 Å². The van der Waals surface area contributed by atoms with E-state index in [1.807, 2.05) is 5.32 Å². The van der Waals surface area contributed by atoms with Crippen LogP contribution in [0.2, 0.25) is 0 Å². The molecule has 0 aliphatic carbocycles. The third-order valence-electron chi connectivity index (χ3n) is 5.57. The van der Waals surface area contributed by atoms with Gasteiger partial charge in [0.1, 0.15) is 0 Å². The molecule has 5 N–H and O–H groups in total. The number of H-pyrrole nitrogens is 2. The van der Waals surface area contributed by atoms with Crippen LogP contribution >= 0.6 is 0 Å². The number of aromatic nitrogens is 2. The number of esters is 1. The molecule has 0 aliphatic rings. The first-order valence-corrected chi connectivity index (χ1v) is 13.1. The molecule has 4 rings (SSSR count). The van der Waals surface area contributed by atoms with Crippen LogP contribution in [0.15, 0.2) is 64.3 Å². The standard InChI is InChI=1S/C25H20F3N5O7S/c1-12(23(35)29-11-20(34)30-18-9-7-15(26)21(27)22(18)28)40-24(36)14-4-2-3-5-16(14)33-41(38,39)13-6-8-17-19(10-13)32-25(37)31-17/h2-10,12,33H,11H2,1H3,(H,29,35)(H,30,34)(H2,31,32,37). The Balaban J connectivity index is 1.38. The fraction of sp³-hybridized carbons (Fsp3) is 0.120. The van der Waals surface area contributed by atoms with Crippen LogP contribution < -0.4 is 21.0 Å². The zero-order valence-electron chi connectivity index (χ0n) is 20.9. The first-order valence-electron chi connectivity index (χ1n) is 11.6. The second-order valence-corrected chi connectivity index (χ2v) is 10.2. The summed E-state index contributed by atoms with van der Waals surface area (Å²) < 4.78 is 73.4. The molecule has 0 saturated heterocycles. The van der Waals surface area contributed by atoms with Crippen LogP contribution in [-0.4, -0.2) is 48.8 Å². The maximum Gasteiger partial charge on any atom is 0.341 e. The summed E-state index contributed by atoms with van der Waals surface area (Å²) in [6, 6.07) is 10.7. The molecule has 0 aliphatic heterocycles. The van der Waals surface area contributed by atoms with Gasteiger partial charge < -0.3 is 25.3 Å². The molecule has 0 bridgehead atoms. The Bertz CT molecular complexity index is 1840. The van der Waals surface area contributed by atoms with E-state index < -0.39 is 69.3 Å². The highest BCUT2D eigenvalue weighted by atomic mass is 32.2. The number of rotatable bonds is 9. The Labute approximate surface area is 229 Å². The highest BCUT2D eigenvalue weighted by molar-refractivity contribution is 7.92. The zero-order chi connectivity index (χ0) is 29.9. The maximum atomic E-state index is 13.7. The number of amides is 2. The van der Waals surface area contributed by atoms with Gasteiger partial charge in [0, 0.05) is 0 Å². The van der Waals surface area contributed by atoms with Crippen molar-refractivity contribution in [1.82, 2.24) is 15.3 Å². The largest absolute Gasteiger partial charge is 0.449 e. The minimum absolute atomic E-state index is 0.166. The van der Waals surface area contributed by atoms with E-state index in [-0.39, 0.29) is 21.7 Å². The number of halogens is 3. The summed E-state index contributed by atoms with van der Waals surface area (Å²) in [6.07, 6.45) is -1.47. The maximum absolute atomic E-state index is 13.7. The Morgan fingerprint density at radius 2 is 1.63 bits per heavy atom. The minimum atomic E-state index is -4.24. The average Bonchev–Trinajstić information content (AvgIpc) is 3.31. The lowest BCUT2D eigenvalue weighted by atomic mass is 10.2. The van der Waals surface area contributed by atoms with E-state index in [0.29, 0.717) is 11.6 Å². The molecule has 0 radical (unpaired) electrons. The first kappa shape index (κ1) is 28.9. The number of nitrogens with one attached hydrogen (secondary N) is 5. The predicted molar refractivity (Wildman–Crippen MR) is 139 cm³/mol. The second kappa shape index (κ2) is 11.5. The molecule has 0 saturated carbocycles. The van der Waals surface area contributed by atoms with Crippen LogP contribution in [0.4, 0.5) is 24.5 Å². The summed E-state index contributed by atoms with van der Waals surface area (Å²) in [5, 5.41) is 4.10. The summed E-state index contributed by atoms with van der Waals surface area (Å²) in [4.78, 5) is 53.3. The van der Waals surface area contributed by atoms with Crippen molar-refractivity contribution < 1.29 is 40.7 Å². The number of ether oxygens (including phenoxy) is 1. The van der Waals surface area contributed by atoms with Gasteiger partial charge in [0.25, 0.3) is 15.9 Å². The summed E-state index contributed by atoms with van der Waals surface area (Å²) in [5.41, 5.74) is -0.943. The first-order chi connectivity index (χ1) is 19.4. The van der Waals surface area contributed by atoms with Crippen molar-refractivity contribution in [3.63, 3.8) is 0 Å². The van der Waals surface area contributed by atoms with Gasteiger partial charge in [-0.1, -0.05) is 12.1 Å². The van der Waals surface area contributed by atoms with Gasteiger partial charge >= 0.3 is 11.7 Å². The highest BCUT2D eigenvalue weighted by Gasteiger charge is 2.24. The minimum Gasteiger partial charge on any atom is -0.449 e. The molecular formula is C25H20F3N5O7S. The Hall–Kier alpha value is -5.12. The number of hydrogen-bond donors (Lipinski definition) is 5. The lowest BCUT2D eigenvalue weighted by Crippen LogP contribution is -2.40. The van der Waals surface area contributed by atoms with Crippen LogP contribution in [0.25, 0.3) is 11.0 Å². The molecule has 0 spiro atoms. The number of imidazole rings is 1. The normalized spacial score (nSPS) is 12.0. The SMILES string of the molecule is CC(OC(=O)c1ccccc1NS(=O)(=O)c1ccc2[nH]c(=O)[nH]c2c1)C(=O)NCC(=O)Nc1ccc(F)c(F)c1F. The zero-order valence-corrected chi connectivity index (χ0v) is 21.7. The summed E-state index contributed by atoms with van der Waals surface area (Å²) in [5.74, 6) is -7.86. The van der Waals surface area contributed by atoms with Crippen LogP contribution in [-0.2, 0) is 24.3 Å². The van der Waals surface area contributed by atoms with Crippen molar-refractivity contribution >= 4 is 50.2 Å². The van der Waals surface area contributed by atoms with Crippen LogP contribution in [0, 0.1) is 17.5 Å².